The number of hydrogen-bond donors (Lipinski definition) is 0. The predicted molar refractivity (Wildman–Crippen MR) is 123 cm³/mol. The molecule has 0 amide bonds. The maximum atomic E-state index is 6.26. The van der Waals surface area contributed by atoms with E-state index in [1.807, 2.05) is 60.7 Å². The van der Waals surface area contributed by atoms with E-state index in [-0.39, 0.29) is 10.3 Å². The van der Waals surface area contributed by atoms with E-state index in [1.54, 1.807) is 0 Å². The van der Waals surface area contributed by atoms with Gasteiger partial charge in [0.1, 0.15) is 11.5 Å². The first-order chi connectivity index (χ1) is 12.4. The smallest absolute Gasteiger partial charge is 0.412 e. The van der Waals surface area contributed by atoms with Gasteiger partial charge in [0, 0.05) is 11.8 Å². The van der Waals surface area contributed by atoms with Gasteiger partial charge < -0.3 is 9.05 Å². The van der Waals surface area contributed by atoms with Crippen LogP contribution in [0.15, 0.2) is 65.2 Å². The van der Waals surface area contributed by atoms with Crippen LogP contribution in [0, 0.1) is 0 Å². The second-order valence-corrected chi connectivity index (χ2v) is 16.7. The average molecular weight is 423 g/mol. The van der Waals surface area contributed by atoms with Crippen LogP contribution in [0.5, 0.6) is 11.5 Å². The molecular formula is C21H31NO2P2S. The first-order valence-electron chi connectivity index (χ1n) is 9.07. The monoisotopic (exact) mass is 423 g/mol. The maximum Gasteiger partial charge on any atom is 0.412 e. The Morgan fingerprint density at radius 3 is 1.33 bits per heavy atom. The van der Waals surface area contributed by atoms with Crippen molar-refractivity contribution in [3.05, 3.63) is 60.7 Å². The van der Waals surface area contributed by atoms with Gasteiger partial charge in [-0.2, -0.15) is 0 Å². The Bertz CT molecular complexity index is 790. The van der Waals surface area contributed by atoms with Crippen molar-refractivity contribution in [2.24, 2.45) is 4.52 Å². The zero-order valence-electron chi connectivity index (χ0n) is 17.3. The minimum Gasteiger partial charge on any atom is -0.419 e. The SMILES string of the molecule is CC(C)(C)P(C)(=NP(=S)(Oc1ccccc1)Oc1ccccc1)C(C)(C)C. The molecule has 0 aromatic heterocycles. The summed E-state index contributed by atoms with van der Waals surface area (Å²) < 4.78 is 17.8. The van der Waals surface area contributed by atoms with E-state index >= 15 is 0 Å². The Labute approximate surface area is 169 Å². The van der Waals surface area contributed by atoms with E-state index in [0.29, 0.717) is 11.5 Å². The molecule has 0 unspecified atom stereocenters. The third-order valence-electron chi connectivity index (χ3n) is 4.83. The Kier molecular flexibility index (Phi) is 6.67. The topological polar surface area (TPSA) is 30.8 Å². The Morgan fingerprint density at radius 2 is 1.04 bits per heavy atom. The van der Waals surface area contributed by atoms with Crippen molar-refractivity contribution in [2.45, 2.75) is 51.9 Å². The van der Waals surface area contributed by atoms with Gasteiger partial charge in [0.15, 0.2) is 0 Å². The molecule has 0 bridgehead atoms. The van der Waals surface area contributed by atoms with Crippen LogP contribution in [0.3, 0.4) is 0 Å². The lowest BCUT2D eigenvalue weighted by Crippen LogP contribution is -2.28. The van der Waals surface area contributed by atoms with Gasteiger partial charge in [0.25, 0.3) is 0 Å². The fraction of sp³-hybridized carbons (Fsp3) is 0.429. The van der Waals surface area contributed by atoms with Crippen molar-refractivity contribution in [1.29, 1.82) is 0 Å². The minimum atomic E-state index is -2.97. The van der Waals surface area contributed by atoms with Crippen LogP contribution in [0.2, 0.25) is 0 Å². The van der Waals surface area contributed by atoms with E-state index in [0.717, 1.165) is 0 Å². The van der Waals surface area contributed by atoms with E-state index < -0.39 is 13.7 Å². The van der Waals surface area contributed by atoms with Crippen LogP contribution in [0.25, 0.3) is 0 Å². The summed E-state index contributed by atoms with van der Waals surface area (Å²) in [4.78, 5) is 0. The third kappa shape index (κ3) is 5.47. The van der Waals surface area contributed by atoms with E-state index in [9.17, 15) is 0 Å². The number of nitrogens with zero attached hydrogens (tertiary/aromatic N) is 1. The molecule has 0 aliphatic carbocycles. The Balaban J connectivity index is 2.62. The lowest BCUT2D eigenvalue weighted by molar-refractivity contribution is 0.488. The molecular weight excluding hydrogens is 392 g/mol. The van der Waals surface area contributed by atoms with Crippen LogP contribution < -0.4 is 9.05 Å². The molecule has 6 heteroatoms. The fourth-order valence-electron chi connectivity index (χ4n) is 2.78. The first kappa shape index (κ1) is 22.2. The highest BCUT2D eigenvalue weighted by molar-refractivity contribution is 8.11. The summed E-state index contributed by atoms with van der Waals surface area (Å²) in [5, 5.41) is -0.0369. The molecule has 0 radical (unpaired) electrons. The predicted octanol–water partition coefficient (Wildman–Crippen LogP) is 7.80. The van der Waals surface area contributed by atoms with Gasteiger partial charge in [-0.15, -0.1) is 0 Å². The molecule has 0 fully saturated rings. The molecule has 0 spiro atoms. The Hall–Kier alpha value is -1.08. The van der Waals surface area contributed by atoms with Crippen LogP contribution in [-0.2, 0) is 11.8 Å². The van der Waals surface area contributed by atoms with Gasteiger partial charge in [-0.3, -0.25) is 0 Å². The van der Waals surface area contributed by atoms with Crippen molar-refractivity contribution >= 4 is 25.5 Å². The van der Waals surface area contributed by atoms with Crippen molar-refractivity contribution in [1.82, 2.24) is 0 Å². The van der Waals surface area contributed by atoms with Gasteiger partial charge in [-0.25, -0.2) is 4.52 Å². The largest absolute Gasteiger partial charge is 0.419 e. The molecule has 2 aromatic rings. The van der Waals surface area contributed by atoms with Crippen molar-refractivity contribution < 1.29 is 9.05 Å². The number of para-hydroxylation sites is 2. The highest BCUT2D eigenvalue weighted by Gasteiger charge is 2.42. The highest BCUT2D eigenvalue weighted by atomic mass is 32.5. The van der Waals surface area contributed by atoms with Crippen molar-refractivity contribution in [2.75, 3.05) is 6.66 Å². The van der Waals surface area contributed by atoms with Crippen LogP contribution >= 0.6 is 13.7 Å². The number of rotatable bonds is 5. The molecule has 0 heterocycles. The van der Waals surface area contributed by atoms with E-state index in [4.69, 9.17) is 25.4 Å². The molecule has 148 valence electrons. The van der Waals surface area contributed by atoms with Gasteiger partial charge in [-0.1, -0.05) is 77.9 Å². The summed E-state index contributed by atoms with van der Waals surface area (Å²) in [7, 11) is -1.91. The van der Waals surface area contributed by atoms with Crippen LogP contribution in [0.4, 0.5) is 0 Å². The molecule has 0 saturated carbocycles. The molecule has 0 aliphatic heterocycles. The normalized spacial score (nSPS) is 13.1. The molecule has 0 atom stereocenters. The molecule has 3 nitrogen and oxygen atoms in total. The van der Waals surface area contributed by atoms with E-state index in [1.165, 1.54) is 0 Å². The van der Waals surface area contributed by atoms with Crippen LogP contribution in [0.1, 0.15) is 41.5 Å². The van der Waals surface area contributed by atoms with Crippen molar-refractivity contribution in [3.8, 4) is 11.5 Å². The molecule has 0 N–H and O–H groups in total. The summed E-state index contributed by atoms with van der Waals surface area (Å²) in [5.41, 5.74) is 0. The Morgan fingerprint density at radius 1 is 0.704 bits per heavy atom. The summed E-state index contributed by atoms with van der Waals surface area (Å²) in [6.45, 7) is 12.7. The number of benzene rings is 2. The standard InChI is InChI=1S/C21H31NO2P2S/c1-20(2,3)25(7,21(4,5)6)22-26(27,23-18-14-10-8-11-15-18)24-19-16-12-9-13-17-19/h8-17H,1-7H3. The quantitative estimate of drug-likeness (QED) is 0.460. The van der Waals surface area contributed by atoms with Gasteiger partial charge in [0.05, 0.1) is 0 Å². The van der Waals surface area contributed by atoms with Gasteiger partial charge in [-0.05, 0) is 48.3 Å². The zero-order chi connectivity index (χ0) is 20.3. The molecule has 2 aromatic carbocycles. The molecule has 2 rings (SSSR count). The summed E-state index contributed by atoms with van der Waals surface area (Å²) in [5.74, 6) is 1.38. The van der Waals surface area contributed by atoms with Crippen molar-refractivity contribution in [3.63, 3.8) is 0 Å². The second kappa shape index (κ2) is 8.11. The third-order valence-corrected chi connectivity index (χ3v) is 14.3. The fourth-order valence-corrected chi connectivity index (χ4v) is 11.6. The summed E-state index contributed by atoms with van der Waals surface area (Å²) in [6, 6.07) is 19.2. The lowest BCUT2D eigenvalue weighted by atomic mass is 10.2. The van der Waals surface area contributed by atoms with Crippen LogP contribution in [-0.4, -0.2) is 17.0 Å². The summed E-state index contributed by atoms with van der Waals surface area (Å²) >= 11 is 5.98. The lowest BCUT2D eigenvalue weighted by Gasteiger charge is -2.44. The van der Waals surface area contributed by atoms with E-state index in [2.05, 4.69) is 48.2 Å². The minimum absolute atomic E-state index is 0.0184. The number of hydrogen-bond acceptors (Lipinski definition) is 3. The molecule has 0 aliphatic rings. The highest BCUT2D eigenvalue weighted by Crippen LogP contribution is 2.72. The second-order valence-electron chi connectivity index (χ2n) is 8.67. The molecule has 0 saturated heterocycles. The van der Waals surface area contributed by atoms with Gasteiger partial charge in [0.2, 0.25) is 0 Å². The average Bonchev–Trinajstić information content (AvgIpc) is 2.54. The first-order valence-corrected chi connectivity index (χ1v) is 13.9. The van der Waals surface area contributed by atoms with Gasteiger partial charge >= 0.3 is 6.64 Å². The molecule has 27 heavy (non-hydrogen) atoms. The summed E-state index contributed by atoms with van der Waals surface area (Å²) in [6.07, 6.45) is 0. The zero-order valence-corrected chi connectivity index (χ0v) is 19.9. The maximum absolute atomic E-state index is 6.26.